The summed E-state index contributed by atoms with van der Waals surface area (Å²) in [5, 5.41) is 0.709. The third-order valence-corrected chi connectivity index (χ3v) is 6.25. The van der Waals surface area contributed by atoms with E-state index in [0.29, 0.717) is 47.7 Å². The molecule has 3 heterocycles. The van der Waals surface area contributed by atoms with Gasteiger partial charge >= 0.3 is 0 Å². The molecule has 0 saturated heterocycles. The number of hydrogen-bond acceptors (Lipinski definition) is 6. The largest absolute Gasteiger partial charge is 0.478 e. The average molecular weight is 462 g/mol. The lowest BCUT2D eigenvalue weighted by molar-refractivity contribution is 0.0872. The zero-order valence-corrected chi connectivity index (χ0v) is 18.6. The van der Waals surface area contributed by atoms with Crippen LogP contribution in [0.3, 0.4) is 0 Å². The van der Waals surface area contributed by atoms with Crippen molar-refractivity contribution in [2.45, 2.75) is 20.0 Å². The van der Waals surface area contributed by atoms with Crippen LogP contribution in [0.4, 0.5) is 0 Å². The molecule has 0 unspecified atom stereocenters. The second-order valence-electron chi connectivity index (χ2n) is 8.31. The highest BCUT2D eigenvalue weighted by molar-refractivity contribution is 6.30. The summed E-state index contributed by atoms with van der Waals surface area (Å²) in [6, 6.07) is 15.2. The summed E-state index contributed by atoms with van der Waals surface area (Å²) in [5.74, 6) is 2.86. The zero-order valence-electron chi connectivity index (χ0n) is 17.9. The fraction of sp³-hybridized carbons (Fsp3) is 0.192. The molecule has 3 aromatic rings. The molecule has 0 aliphatic carbocycles. The summed E-state index contributed by atoms with van der Waals surface area (Å²) in [6.07, 6.45) is 1.74. The molecule has 0 saturated carbocycles. The average Bonchev–Trinajstić information content (AvgIpc) is 3.40. The number of ketones is 1. The van der Waals surface area contributed by atoms with Gasteiger partial charge in [0.15, 0.2) is 17.3 Å². The van der Waals surface area contributed by atoms with Gasteiger partial charge in [-0.1, -0.05) is 29.8 Å². The molecule has 0 atom stereocenters. The lowest BCUT2D eigenvalue weighted by Gasteiger charge is -2.30. The monoisotopic (exact) mass is 461 g/mol. The molecule has 6 nitrogen and oxygen atoms in total. The van der Waals surface area contributed by atoms with Crippen LogP contribution in [-0.2, 0) is 13.1 Å². The van der Waals surface area contributed by atoms with Gasteiger partial charge in [0, 0.05) is 18.1 Å². The summed E-state index contributed by atoms with van der Waals surface area (Å²) in [5.41, 5.74) is 4.27. The molecule has 0 fully saturated rings. The summed E-state index contributed by atoms with van der Waals surface area (Å²) in [7, 11) is 0. The number of carbonyl (C=O) groups excluding carboxylic acids is 1. The summed E-state index contributed by atoms with van der Waals surface area (Å²) >= 11 is 6.01. The second kappa shape index (κ2) is 7.83. The highest BCUT2D eigenvalue weighted by atomic mass is 35.5. The van der Waals surface area contributed by atoms with E-state index in [-0.39, 0.29) is 18.3 Å². The van der Waals surface area contributed by atoms with Gasteiger partial charge < -0.3 is 18.9 Å². The SMILES string of the molecule is Cc1cc2c(c3c1C(=O)/C(=C/c1ccc4c(c1)OCO4)O3)CN(Cc1ccc(Cl)cc1)CO2. The highest BCUT2D eigenvalue weighted by Crippen LogP contribution is 2.44. The Hall–Kier alpha value is -3.48. The smallest absolute Gasteiger partial charge is 0.232 e. The van der Waals surface area contributed by atoms with Gasteiger partial charge in [0.1, 0.15) is 18.2 Å². The highest BCUT2D eigenvalue weighted by Gasteiger charge is 2.35. The Morgan fingerprint density at radius 1 is 1.00 bits per heavy atom. The van der Waals surface area contributed by atoms with Crippen molar-refractivity contribution in [1.82, 2.24) is 4.90 Å². The van der Waals surface area contributed by atoms with E-state index in [0.717, 1.165) is 28.0 Å². The van der Waals surface area contributed by atoms with Crippen molar-refractivity contribution < 1.29 is 23.7 Å². The van der Waals surface area contributed by atoms with Crippen LogP contribution in [0.15, 0.2) is 54.3 Å². The van der Waals surface area contributed by atoms with Gasteiger partial charge in [0.05, 0.1) is 11.1 Å². The number of nitrogens with zero attached hydrogens (tertiary/aromatic N) is 1. The van der Waals surface area contributed by atoms with Gasteiger partial charge in [0.25, 0.3) is 0 Å². The fourth-order valence-electron chi connectivity index (χ4n) is 4.38. The topological polar surface area (TPSA) is 57.2 Å². The molecule has 0 radical (unpaired) electrons. The minimum atomic E-state index is -0.127. The first-order valence-electron chi connectivity index (χ1n) is 10.6. The summed E-state index contributed by atoms with van der Waals surface area (Å²) in [4.78, 5) is 15.4. The molecule has 3 aliphatic rings. The number of hydrogen-bond donors (Lipinski definition) is 0. The lowest BCUT2D eigenvalue weighted by atomic mass is 9.98. The van der Waals surface area contributed by atoms with Crippen LogP contribution in [0.25, 0.3) is 6.08 Å². The Balaban J connectivity index is 1.30. The van der Waals surface area contributed by atoms with Gasteiger partial charge in [-0.25, -0.2) is 0 Å². The summed E-state index contributed by atoms with van der Waals surface area (Å²) < 4.78 is 23.0. The standard InChI is InChI=1S/C26H20ClNO5/c1-15-8-21-19(12-28(13-30-21)11-16-2-5-18(27)6-3-16)26-24(15)25(29)23(33-26)10-17-4-7-20-22(9-17)32-14-31-20/h2-10H,11-14H2,1H3/b23-10-. The van der Waals surface area contributed by atoms with Crippen LogP contribution in [0.2, 0.25) is 5.02 Å². The number of benzene rings is 3. The molecule has 6 rings (SSSR count). The second-order valence-corrected chi connectivity index (χ2v) is 8.75. The van der Waals surface area contributed by atoms with Crippen LogP contribution < -0.4 is 18.9 Å². The van der Waals surface area contributed by atoms with Crippen molar-refractivity contribution in [1.29, 1.82) is 0 Å². The number of ether oxygens (including phenoxy) is 4. The first kappa shape index (κ1) is 20.1. The molecule has 0 aromatic heterocycles. The van der Waals surface area contributed by atoms with Crippen molar-refractivity contribution >= 4 is 23.5 Å². The lowest BCUT2D eigenvalue weighted by Crippen LogP contribution is -2.31. The van der Waals surface area contributed by atoms with Crippen molar-refractivity contribution in [2.75, 3.05) is 13.5 Å². The first-order chi connectivity index (χ1) is 16.0. The molecule has 0 N–H and O–H groups in total. The molecule has 3 aromatic carbocycles. The van der Waals surface area contributed by atoms with Crippen molar-refractivity contribution in [3.63, 3.8) is 0 Å². The van der Waals surface area contributed by atoms with Crippen molar-refractivity contribution in [3.8, 4) is 23.0 Å². The molecule has 7 heteroatoms. The fourth-order valence-corrected chi connectivity index (χ4v) is 4.51. The van der Waals surface area contributed by atoms with Crippen molar-refractivity contribution in [2.24, 2.45) is 0 Å². The van der Waals surface area contributed by atoms with Gasteiger partial charge in [-0.15, -0.1) is 0 Å². The minimum absolute atomic E-state index is 0.127. The van der Waals surface area contributed by atoms with Gasteiger partial charge in [-0.05, 0) is 60.0 Å². The maximum absolute atomic E-state index is 13.2. The van der Waals surface area contributed by atoms with Crippen LogP contribution in [0, 0.1) is 6.92 Å². The number of fused-ring (bicyclic) bond motifs is 4. The number of halogens is 1. The van der Waals surface area contributed by atoms with Gasteiger partial charge in [-0.2, -0.15) is 0 Å². The molecular weight excluding hydrogens is 442 g/mol. The molecule has 0 bridgehead atoms. The van der Waals surface area contributed by atoms with Crippen LogP contribution in [-0.4, -0.2) is 24.2 Å². The Morgan fingerprint density at radius 2 is 1.82 bits per heavy atom. The van der Waals surface area contributed by atoms with E-state index in [1.165, 1.54) is 0 Å². The van der Waals surface area contributed by atoms with E-state index < -0.39 is 0 Å². The molecule has 0 spiro atoms. The Bertz CT molecular complexity index is 1320. The van der Waals surface area contributed by atoms with E-state index in [4.69, 9.17) is 30.5 Å². The normalized spacial score (nSPS) is 17.5. The van der Waals surface area contributed by atoms with Crippen LogP contribution in [0.5, 0.6) is 23.0 Å². The Kier molecular flexibility index (Phi) is 4.78. The van der Waals surface area contributed by atoms with Crippen LogP contribution >= 0.6 is 11.6 Å². The number of carbonyl (C=O) groups is 1. The Labute approximate surface area is 195 Å². The van der Waals surface area contributed by atoms with Gasteiger partial charge in [-0.3, -0.25) is 9.69 Å². The number of Topliss-reactive ketones (excluding diaryl/α,β-unsaturated/α-hetero) is 1. The molecule has 3 aliphatic heterocycles. The van der Waals surface area contributed by atoms with E-state index in [1.54, 1.807) is 6.08 Å². The van der Waals surface area contributed by atoms with E-state index in [2.05, 4.69) is 4.90 Å². The maximum Gasteiger partial charge on any atom is 0.232 e. The number of aryl methyl sites for hydroxylation is 1. The maximum atomic E-state index is 13.2. The van der Waals surface area contributed by atoms with E-state index >= 15 is 0 Å². The zero-order chi connectivity index (χ0) is 22.5. The van der Waals surface area contributed by atoms with E-state index in [9.17, 15) is 4.79 Å². The van der Waals surface area contributed by atoms with E-state index in [1.807, 2.05) is 55.5 Å². The third-order valence-electron chi connectivity index (χ3n) is 6.00. The number of allylic oxidation sites excluding steroid dienone is 1. The number of rotatable bonds is 3. The third kappa shape index (κ3) is 3.61. The first-order valence-corrected chi connectivity index (χ1v) is 11.0. The quantitative estimate of drug-likeness (QED) is 0.490. The van der Waals surface area contributed by atoms with Crippen molar-refractivity contribution in [3.05, 3.63) is 87.1 Å². The molecule has 0 amide bonds. The minimum Gasteiger partial charge on any atom is -0.478 e. The molecular formula is C26H20ClNO5. The Morgan fingerprint density at radius 3 is 2.67 bits per heavy atom. The summed E-state index contributed by atoms with van der Waals surface area (Å²) in [6.45, 7) is 3.89. The predicted molar refractivity (Wildman–Crippen MR) is 123 cm³/mol. The molecule has 166 valence electrons. The van der Waals surface area contributed by atoms with Gasteiger partial charge in [0.2, 0.25) is 12.6 Å². The molecule has 33 heavy (non-hydrogen) atoms. The predicted octanol–water partition coefficient (Wildman–Crippen LogP) is 5.35. The van der Waals surface area contributed by atoms with Crippen LogP contribution in [0.1, 0.15) is 32.6 Å².